The highest BCUT2D eigenvalue weighted by Gasteiger charge is 2.53. The molecule has 2 saturated heterocycles. The number of halogens is 4. The monoisotopic (exact) mass is 572 g/mol. The molecule has 0 aromatic carbocycles. The molecule has 0 aromatic rings. The summed E-state index contributed by atoms with van der Waals surface area (Å²) < 4.78 is 96.8. The number of rotatable bonds is 6. The van der Waals surface area contributed by atoms with E-state index in [9.17, 15) is 45.8 Å². The van der Waals surface area contributed by atoms with Gasteiger partial charge in [0.05, 0.1) is 12.7 Å². The van der Waals surface area contributed by atoms with E-state index in [1.165, 1.54) is 6.92 Å². The first-order valence-electron chi connectivity index (χ1n) is 11.1. The van der Waals surface area contributed by atoms with Crippen molar-refractivity contribution >= 4 is 22.1 Å². The summed E-state index contributed by atoms with van der Waals surface area (Å²) in [6, 6.07) is 0. The summed E-state index contributed by atoms with van der Waals surface area (Å²) in [5.41, 5.74) is -5.56. The molecule has 12 nitrogen and oxygen atoms in total. The van der Waals surface area contributed by atoms with Gasteiger partial charge in [0.15, 0.2) is 6.17 Å². The third-order valence-corrected chi connectivity index (χ3v) is 6.85. The van der Waals surface area contributed by atoms with Crippen LogP contribution in [0.1, 0.15) is 41.0 Å². The molecule has 0 saturated carbocycles. The number of alkyl halides is 4. The van der Waals surface area contributed by atoms with Crippen molar-refractivity contribution in [2.45, 2.75) is 95.8 Å². The summed E-state index contributed by atoms with van der Waals surface area (Å²) in [6.07, 6.45) is -11.0. The van der Waals surface area contributed by atoms with Crippen LogP contribution in [0.4, 0.5) is 17.6 Å². The second-order valence-electron chi connectivity index (χ2n) is 8.50. The summed E-state index contributed by atoms with van der Waals surface area (Å²) in [7, 11) is -5.82. The predicted molar refractivity (Wildman–Crippen MR) is 113 cm³/mol. The van der Waals surface area contributed by atoms with Crippen LogP contribution in [0.3, 0.4) is 0 Å². The van der Waals surface area contributed by atoms with Crippen LogP contribution in [0.2, 0.25) is 0 Å². The molecule has 2 rings (SSSR count). The lowest BCUT2D eigenvalue weighted by atomic mass is 9.82. The molecule has 2 aliphatic heterocycles. The second kappa shape index (κ2) is 13.4. The number of carbonyl (C=O) groups excluding carboxylic acids is 2. The van der Waals surface area contributed by atoms with E-state index < -0.39 is 83.3 Å². The zero-order valence-corrected chi connectivity index (χ0v) is 21.4. The average molecular weight is 573 g/mol. The van der Waals surface area contributed by atoms with Crippen molar-refractivity contribution < 1.29 is 74.0 Å². The number of carbonyl (C=O) groups is 2. The van der Waals surface area contributed by atoms with Gasteiger partial charge >= 0.3 is 27.6 Å². The number of hydrogen-bond acceptors (Lipinski definition) is 12. The maximum absolute atomic E-state index is 13.3. The molecule has 2 fully saturated rings. The zero-order chi connectivity index (χ0) is 28.9. The van der Waals surface area contributed by atoms with E-state index in [4.69, 9.17) is 19.3 Å². The van der Waals surface area contributed by atoms with Gasteiger partial charge in [-0.15, -0.1) is 0 Å². The van der Waals surface area contributed by atoms with E-state index in [-0.39, 0.29) is 12.0 Å². The molecule has 10 atom stereocenters. The largest absolute Gasteiger partial charge is 0.523 e. The van der Waals surface area contributed by atoms with Crippen LogP contribution >= 0.6 is 0 Å². The molecular weight excluding hydrogens is 540 g/mol. The number of aliphatic hydroxyl groups is 3. The Morgan fingerprint density at radius 3 is 1.84 bits per heavy atom. The predicted octanol–water partition coefficient (Wildman–Crippen LogP) is 0.518. The number of ether oxygens (including phenoxy) is 4. The minimum atomic E-state index is -5.82. The molecule has 218 valence electrons. The minimum Gasteiger partial charge on any atom is -0.433 e. The van der Waals surface area contributed by atoms with E-state index in [1.807, 2.05) is 0 Å². The van der Waals surface area contributed by atoms with Gasteiger partial charge in [0.1, 0.15) is 24.4 Å². The Labute approximate surface area is 210 Å². The molecular formula is C20H32F4O12S. The first-order chi connectivity index (χ1) is 16.9. The van der Waals surface area contributed by atoms with E-state index in [2.05, 4.69) is 8.92 Å². The smallest absolute Gasteiger partial charge is 0.433 e. The van der Waals surface area contributed by atoms with Crippen molar-refractivity contribution in [2.75, 3.05) is 6.61 Å². The topological polar surface area (TPSA) is 175 Å². The molecule has 0 amide bonds. The van der Waals surface area contributed by atoms with Gasteiger partial charge in [-0.1, -0.05) is 20.8 Å². The molecule has 0 bridgehead atoms. The highest BCUT2D eigenvalue weighted by atomic mass is 32.2. The number of aliphatic hydroxyl groups excluding tert-OH is 3. The number of esters is 2. The van der Waals surface area contributed by atoms with Crippen molar-refractivity contribution in [3.8, 4) is 0 Å². The Morgan fingerprint density at radius 1 is 0.919 bits per heavy atom. The summed E-state index contributed by atoms with van der Waals surface area (Å²) in [4.78, 5) is 21.6. The molecule has 0 aliphatic carbocycles. The van der Waals surface area contributed by atoms with Crippen molar-refractivity contribution in [3.63, 3.8) is 0 Å². The fourth-order valence-corrected chi connectivity index (χ4v) is 4.29. The third-order valence-electron chi connectivity index (χ3n) is 5.80. The van der Waals surface area contributed by atoms with E-state index in [0.717, 1.165) is 13.8 Å². The lowest BCUT2D eigenvalue weighted by Crippen LogP contribution is -2.57. The van der Waals surface area contributed by atoms with Crippen molar-refractivity contribution in [3.05, 3.63) is 0 Å². The van der Waals surface area contributed by atoms with E-state index >= 15 is 0 Å². The quantitative estimate of drug-likeness (QED) is 0.174. The molecule has 0 radical (unpaired) electrons. The van der Waals surface area contributed by atoms with E-state index in [1.54, 1.807) is 13.8 Å². The third kappa shape index (κ3) is 8.69. The number of hydrogen-bond donors (Lipinski definition) is 3. The second-order valence-corrected chi connectivity index (χ2v) is 10.1. The van der Waals surface area contributed by atoms with Crippen LogP contribution in [0.5, 0.6) is 0 Å². The minimum absolute atomic E-state index is 0.273. The molecule has 37 heavy (non-hydrogen) atoms. The maximum atomic E-state index is 13.3. The SMILES string of the molecule is CC(=O)OC1OC(CO)[C@@H](O)[C@H](O)C1F.CCC1O[C@@H](OC(C)=O)C(OS(=O)(=O)C(F)(F)F)[C@@H](C)[C@@H]1C. The normalized spacial score (nSPS) is 36.6. The van der Waals surface area contributed by atoms with Gasteiger partial charge in [-0.25, -0.2) is 4.39 Å². The highest BCUT2D eigenvalue weighted by molar-refractivity contribution is 7.87. The standard InChI is InChI=1S/C12H19F3O6S.C8H13FO6/c1-5-9-6(2)7(3)10(11(20-9)19-8(4)16)21-22(17,18)12(13,14)15;1-3(11)14-8-5(9)7(13)6(12)4(2-10)15-8/h6-7,9-11H,5H2,1-4H3;4-8,10,12-13H,2H2,1H3/t6-,7-,9?,10?,11+;4?,5?,6-,7-,8?/m01/s1. The first-order valence-corrected chi connectivity index (χ1v) is 12.5. The van der Waals surface area contributed by atoms with Crippen LogP contribution in [-0.4, -0.2) is 97.1 Å². The molecule has 2 heterocycles. The summed E-state index contributed by atoms with van der Waals surface area (Å²) >= 11 is 0. The Balaban J connectivity index is 0.000000397. The van der Waals surface area contributed by atoms with Crippen molar-refractivity contribution in [2.24, 2.45) is 11.8 Å². The molecule has 17 heteroatoms. The van der Waals surface area contributed by atoms with Crippen LogP contribution < -0.4 is 0 Å². The zero-order valence-electron chi connectivity index (χ0n) is 20.6. The Bertz CT molecular complexity index is 868. The van der Waals surface area contributed by atoms with E-state index in [0.29, 0.717) is 6.42 Å². The first kappa shape index (κ1) is 33.4. The maximum Gasteiger partial charge on any atom is 0.523 e. The Morgan fingerprint density at radius 2 is 1.41 bits per heavy atom. The molecule has 0 spiro atoms. The van der Waals surface area contributed by atoms with Gasteiger partial charge in [0, 0.05) is 13.8 Å². The van der Waals surface area contributed by atoms with Crippen LogP contribution in [0, 0.1) is 11.8 Å². The Kier molecular flexibility index (Phi) is 12.1. The molecule has 0 aromatic heterocycles. The van der Waals surface area contributed by atoms with Crippen LogP contribution in [0.25, 0.3) is 0 Å². The van der Waals surface area contributed by atoms with Gasteiger partial charge in [0.2, 0.25) is 12.6 Å². The fraction of sp³-hybridized carbons (Fsp3) is 0.900. The van der Waals surface area contributed by atoms with Gasteiger partial charge < -0.3 is 34.3 Å². The molecule has 2 aliphatic rings. The van der Waals surface area contributed by atoms with Crippen molar-refractivity contribution in [1.29, 1.82) is 0 Å². The summed E-state index contributed by atoms with van der Waals surface area (Å²) in [5.74, 6) is -2.48. The lowest BCUT2D eigenvalue weighted by molar-refractivity contribution is -0.278. The van der Waals surface area contributed by atoms with Gasteiger partial charge in [-0.3, -0.25) is 13.8 Å². The molecule has 5 unspecified atom stereocenters. The summed E-state index contributed by atoms with van der Waals surface area (Å²) in [6.45, 7) is 6.53. The average Bonchev–Trinajstić information content (AvgIpc) is 2.78. The van der Waals surface area contributed by atoms with Crippen molar-refractivity contribution in [1.82, 2.24) is 0 Å². The lowest BCUT2D eigenvalue weighted by Gasteiger charge is -2.43. The van der Waals surface area contributed by atoms with Gasteiger partial charge in [-0.2, -0.15) is 21.6 Å². The van der Waals surface area contributed by atoms with Gasteiger partial charge in [-0.05, 0) is 18.3 Å². The Hall–Kier alpha value is -1.63. The summed E-state index contributed by atoms with van der Waals surface area (Å²) in [5, 5.41) is 27.2. The molecule has 3 N–H and O–H groups in total. The van der Waals surface area contributed by atoms with Crippen LogP contribution in [0.15, 0.2) is 0 Å². The highest BCUT2D eigenvalue weighted by Crippen LogP contribution is 2.37. The van der Waals surface area contributed by atoms with Crippen LogP contribution in [-0.2, 0) is 42.8 Å². The fourth-order valence-electron chi connectivity index (χ4n) is 3.62. The van der Waals surface area contributed by atoms with Gasteiger partial charge in [0.25, 0.3) is 0 Å².